The molecular weight excluding hydrogens is 428 g/mol. The fourth-order valence-electron chi connectivity index (χ4n) is 4.55. The molecular formula is C29H36O5. The van der Waals surface area contributed by atoms with E-state index in [0.717, 1.165) is 24.2 Å². The average Bonchev–Trinajstić information content (AvgIpc) is 2.78. The number of aryl methyl sites for hydroxylation is 1. The van der Waals surface area contributed by atoms with Crippen LogP contribution in [0, 0.1) is 18.8 Å². The summed E-state index contributed by atoms with van der Waals surface area (Å²) in [5, 5.41) is 20.2. The van der Waals surface area contributed by atoms with Gasteiger partial charge in [0.25, 0.3) is 0 Å². The van der Waals surface area contributed by atoms with Gasteiger partial charge in [0.15, 0.2) is 0 Å². The van der Waals surface area contributed by atoms with Gasteiger partial charge in [-0.05, 0) is 78.5 Å². The van der Waals surface area contributed by atoms with Crippen molar-refractivity contribution in [3.05, 3.63) is 63.7 Å². The summed E-state index contributed by atoms with van der Waals surface area (Å²) in [5.41, 5.74) is 4.67. The second kappa shape index (κ2) is 10.2. The first-order valence-corrected chi connectivity index (χ1v) is 11.9. The molecule has 0 spiro atoms. The number of aliphatic hydroxyl groups excluding tert-OH is 1. The molecule has 0 aromatic heterocycles. The lowest BCUT2D eigenvalue weighted by atomic mass is 9.62. The summed E-state index contributed by atoms with van der Waals surface area (Å²) in [4.78, 5) is 11.2. The normalized spacial score (nSPS) is 16.7. The Kier molecular flexibility index (Phi) is 7.75. The van der Waals surface area contributed by atoms with Crippen LogP contribution in [0.15, 0.2) is 30.3 Å². The minimum Gasteiger partial charge on any atom is -0.491 e. The van der Waals surface area contributed by atoms with E-state index in [2.05, 4.69) is 45.6 Å². The molecule has 1 aliphatic carbocycles. The van der Waals surface area contributed by atoms with Crippen LogP contribution in [0.1, 0.15) is 91.7 Å². The van der Waals surface area contributed by atoms with E-state index in [-0.39, 0.29) is 16.4 Å². The molecule has 0 amide bonds. The number of ether oxygens (including phenoxy) is 2. The van der Waals surface area contributed by atoms with Crippen molar-refractivity contribution in [3.63, 3.8) is 0 Å². The lowest BCUT2D eigenvalue weighted by Crippen LogP contribution is -2.34. The first-order chi connectivity index (χ1) is 16.0. The summed E-state index contributed by atoms with van der Waals surface area (Å²) in [7, 11) is 0. The Balaban J connectivity index is 2.00. The third kappa shape index (κ3) is 5.63. The van der Waals surface area contributed by atoms with E-state index in [1.165, 1.54) is 17.2 Å². The third-order valence-electron chi connectivity index (χ3n) is 6.73. The number of carboxylic acid groups (broad SMARTS) is 1. The zero-order valence-electron chi connectivity index (χ0n) is 21.1. The van der Waals surface area contributed by atoms with Crippen molar-refractivity contribution in [2.75, 3.05) is 19.8 Å². The van der Waals surface area contributed by atoms with Crippen LogP contribution in [0.3, 0.4) is 0 Å². The minimum atomic E-state index is -1.00. The van der Waals surface area contributed by atoms with Crippen molar-refractivity contribution >= 4 is 5.97 Å². The topological polar surface area (TPSA) is 76.0 Å². The molecule has 0 fully saturated rings. The van der Waals surface area contributed by atoms with Crippen molar-refractivity contribution < 1.29 is 24.5 Å². The molecule has 0 aliphatic heterocycles. The van der Waals surface area contributed by atoms with Crippen molar-refractivity contribution in [2.24, 2.45) is 0 Å². The maximum absolute atomic E-state index is 11.2. The van der Waals surface area contributed by atoms with E-state index in [0.29, 0.717) is 30.9 Å². The average molecular weight is 465 g/mol. The minimum absolute atomic E-state index is 0.0377. The van der Waals surface area contributed by atoms with E-state index in [9.17, 15) is 9.90 Å². The molecule has 5 heteroatoms. The Hall–Kier alpha value is -2.81. The van der Waals surface area contributed by atoms with Crippen LogP contribution < -0.4 is 4.74 Å². The second-order valence-electron chi connectivity index (χ2n) is 10.3. The molecule has 1 atom stereocenters. The number of hydrogen-bond acceptors (Lipinski definition) is 4. The van der Waals surface area contributed by atoms with Crippen LogP contribution in [0.25, 0.3) is 0 Å². The van der Waals surface area contributed by atoms with Crippen LogP contribution >= 0.6 is 0 Å². The Labute approximate surface area is 203 Å². The molecule has 0 saturated carbocycles. The van der Waals surface area contributed by atoms with Crippen LogP contribution in [0.4, 0.5) is 0 Å². The molecule has 5 nitrogen and oxygen atoms in total. The van der Waals surface area contributed by atoms with Gasteiger partial charge in [0.05, 0.1) is 12.2 Å². The van der Waals surface area contributed by atoms with Gasteiger partial charge in [-0.25, -0.2) is 4.79 Å². The monoisotopic (exact) mass is 464 g/mol. The standard InChI is InChI=1S/C29H36O5/c1-7-33-14-15-34-25-18-22(17-23-26(25)29(5,6)13-12-28(23,3)4)24(30)11-10-20-8-9-21(27(31)32)16-19(20)2/h8-9,16-18,24,30H,7,12-15H2,1-6H3,(H,31,32). The molecule has 0 saturated heterocycles. The number of carbonyl (C=O) groups is 1. The summed E-state index contributed by atoms with van der Waals surface area (Å²) >= 11 is 0. The van der Waals surface area contributed by atoms with Gasteiger partial charge in [0.2, 0.25) is 0 Å². The first-order valence-electron chi connectivity index (χ1n) is 11.9. The third-order valence-corrected chi connectivity index (χ3v) is 6.73. The molecule has 182 valence electrons. The van der Waals surface area contributed by atoms with E-state index >= 15 is 0 Å². The molecule has 3 rings (SSSR count). The lowest BCUT2D eigenvalue weighted by molar-refractivity contribution is 0.0696. The first kappa shape index (κ1) is 25.8. The van der Waals surface area contributed by atoms with Crippen LogP contribution in [0.5, 0.6) is 5.75 Å². The van der Waals surface area contributed by atoms with Gasteiger partial charge in [0, 0.05) is 17.7 Å². The number of hydrogen-bond donors (Lipinski definition) is 2. The van der Waals surface area contributed by atoms with Gasteiger partial charge in [-0.3, -0.25) is 0 Å². The summed E-state index contributed by atoms with van der Waals surface area (Å²) < 4.78 is 11.7. The molecule has 2 aromatic carbocycles. The number of carboxylic acids is 1. The highest BCUT2D eigenvalue weighted by Gasteiger charge is 2.40. The molecule has 2 N–H and O–H groups in total. The van der Waals surface area contributed by atoms with E-state index in [4.69, 9.17) is 14.6 Å². The van der Waals surface area contributed by atoms with Gasteiger partial charge >= 0.3 is 5.97 Å². The Bertz CT molecular complexity index is 1120. The van der Waals surface area contributed by atoms with Crippen LogP contribution in [0.2, 0.25) is 0 Å². The quantitative estimate of drug-likeness (QED) is 0.415. The number of rotatable bonds is 7. The number of fused-ring (bicyclic) bond motifs is 1. The highest BCUT2D eigenvalue weighted by Crippen LogP contribution is 2.50. The van der Waals surface area contributed by atoms with E-state index < -0.39 is 12.1 Å². The van der Waals surface area contributed by atoms with Crippen LogP contribution in [-0.2, 0) is 15.6 Å². The second-order valence-corrected chi connectivity index (χ2v) is 10.3. The molecule has 0 heterocycles. The van der Waals surface area contributed by atoms with E-state index in [1.807, 2.05) is 19.9 Å². The summed E-state index contributed by atoms with van der Waals surface area (Å²) in [6, 6.07) is 8.78. The number of benzene rings is 2. The van der Waals surface area contributed by atoms with Crippen molar-refractivity contribution in [3.8, 4) is 17.6 Å². The number of aliphatic hydroxyl groups is 1. The highest BCUT2D eigenvalue weighted by molar-refractivity contribution is 5.88. The van der Waals surface area contributed by atoms with Gasteiger partial charge in [-0.15, -0.1) is 0 Å². The van der Waals surface area contributed by atoms with Crippen molar-refractivity contribution in [1.29, 1.82) is 0 Å². The zero-order valence-corrected chi connectivity index (χ0v) is 21.1. The van der Waals surface area contributed by atoms with Gasteiger partial charge < -0.3 is 19.7 Å². The molecule has 1 aliphatic rings. The van der Waals surface area contributed by atoms with Gasteiger partial charge in [-0.1, -0.05) is 45.6 Å². The van der Waals surface area contributed by atoms with Gasteiger partial charge in [-0.2, -0.15) is 0 Å². The lowest BCUT2D eigenvalue weighted by Gasteiger charge is -2.43. The molecule has 34 heavy (non-hydrogen) atoms. The summed E-state index contributed by atoms with van der Waals surface area (Å²) in [6.07, 6.45) is 1.10. The predicted octanol–water partition coefficient (Wildman–Crippen LogP) is 5.54. The Morgan fingerprint density at radius 2 is 1.79 bits per heavy atom. The summed E-state index contributed by atoms with van der Waals surface area (Å²) in [6.45, 7) is 14.3. The summed E-state index contributed by atoms with van der Waals surface area (Å²) in [5.74, 6) is 5.77. The van der Waals surface area contributed by atoms with Crippen LogP contribution in [-0.4, -0.2) is 36.0 Å². The van der Waals surface area contributed by atoms with Gasteiger partial charge in [0.1, 0.15) is 18.5 Å². The SMILES string of the molecule is CCOCCOc1cc(C(O)C#Cc2ccc(C(=O)O)cc2C)cc2c1C(C)(C)CCC2(C)C. The smallest absolute Gasteiger partial charge is 0.335 e. The number of aromatic carboxylic acids is 1. The molecule has 2 aromatic rings. The maximum atomic E-state index is 11.2. The zero-order chi connectivity index (χ0) is 25.1. The highest BCUT2D eigenvalue weighted by atomic mass is 16.5. The van der Waals surface area contributed by atoms with E-state index in [1.54, 1.807) is 12.1 Å². The Morgan fingerprint density at radius 1 is 1.09 bits per heavy atom. The fraction of sp³-hybridized carbons (Fsp3) is 0.483. The largest absolute Gasteiger partial charge is 0.491 e. The fourth-order valence-corrected chi connectivity index (χ4v) is 4.55. The van der Waals surface area contributed by atoms with Crippen molar-refractivity contribution in [1.82, 2.24) is 0 Å². The molecule has 0 radical (unpaired) electrons. The predicted molar refractivity (Wildman–Crippen MR) is 134 cm³/mol. The molecule has 1 unspecified atom stereocenters. The molecule has 0 bridgehead atoms. The Morgan fingerprint density at radius 3 is 2.44 bits per heavy atom. The van der Waals surface area contributed by atoms with Crippen molar-refractivity contribution in [2.45, 2.75) is 71.3 Å². The maximum Gasteiger partial charge on any atom is 0.335 e.